The highest BCUT2D eigenvalue weighted by atomic mass is 19.1. The van der Waals surface area contributed by atoms with E-state index in [9.17, 15) is 13.6 Å². The summed E-state index contributed by atoms with van der Waals surface area (Å²) in [5.74, 6) is -0.743. The molecule has 0 atom stereocenters. The fourth-order valence-electron chi connectivity index (χ4n) is 1.79. The number of hydrogen-bond acceptors (Lipinski definition) is 2. The molecule has 2 aromatic carbocycles. The quantitative estimate of drug-likeness (QED) is 0.607. The zero-order chi connectivity index (χ0) is 15.2. The molecule has 0 saturated heterocycles. The van der Waals surface area contributed by atoms with Crippen LogP contribution in [0.3, 0.4) is 0 Å². The molecule has 4 heteroatoms. The second-order valence-electron chi connectivity index (χ2n) is 4.32. The fourth-order valence-corrected chi connectivity index (χ4v) is 1.79. The Labute approximate surface area is 121 Å². The van der Waals surface area contributed by atoms with Crippen molar-refractivity contribution >= 4 is 11.9 Å². The molecule has 0 radical (unpaired) electrons. The monoisotopic (exact) mass is 288 g/mol. The van der Waals surface area contributed by atoms with Crippen LogP contribution in [0, 0.1) is 11.6 Å². The summed E-state index contributed by atoms with van der Waals surface area (Å²) in [4.78, 5) is 11.9. The Morgan fingerprint density at radius 3 is 2.52 bits per heavy atom. The van der Waals surface area contributed by atoms with E-state index < -0.39 is 11.6 Å². The van der Waals surface area contributed by atoms with Crippen LogP contribution in [-0.2, 0) is 0 Å². The number of carbonyl (C=O) groups excluding carboxylic acids is 1. The molecule has 0 unspecified atom stereocenters. The van der Waals surface area contributed by atoms with Crippen LogP contribution in [0.4, 0.5) is 8.78 Å². The summed E-state index contributed by atoms with van der Waals surface area (Å²) in [6, 6.07) is 9.72. The molecule has 0 aliphatic carbocycles. The van der Waals surface area contributed by atoms with Gasteiger partial charge >= 0.3 is 0 Å². The Morgan fingerprint density at radius 1 is 1.14 bits per heavy atom. The van der Waals surface area contributed by atoms with Gasteiger partial charge in [-0.15, -0.1) is 0 Å². The lowest BCUT2D eigenvalue weighted by atomic mass is 10.1. The lowest BCUT2D eigenvalue weighted by Gasteiger charge is -2.03. The van der Waals surface area contributed by atoms with Crippen LogP contribution in [0.5, 0.6) is 5.75 Å². The van der Waals surface area contributed by atoms with E-state index in [1.165, 1.54) is 12.2 Å². The molecule has 21 heavy (non-hydrogen) atoms. The molecule has 0 aliphatic heterocycles. The van der Waals surface area contributed by atoms with Crippen LogP contribution in [0.15, 0.2) is 48.5 Å². The number of hydrogen-bond donors (Lipinski definition) is 0. The van der Waals surface area contributed by atoms with Crippen LogP contribution < -0.4 is 4.74 Å². The molecular weight excluding hydrogens is 274 g/mol. The number of halogens is 2. The van der Waals surface area contributed by atoms with Crippen molar-refractivity contribution in [1.29, 1.82) is 0 Å². The van der Waals surface area contributed by atoms with Gasteiger partial charge in [0.1, 0.15) is 17.4 Å². The van der Waals surface area contributed by atoms with Crippen molar-refractivity contribution in [1.82, 2.24) is 0 Å². The highest BCUT2D eigenvalue weighted by molar-refractivity contribution is 6.06. The zero-order valence-electron chi connectivity index (χ0n) is 11.5. The maximum Gasteiger partial charge on any atom is 0.185 e. The fraction of sp³-hybridized carbons (Fsp3) is 0.118. The number of allylic oxidation sites excluding steroid dienone is 1. The van der Waals surface area contributed by atoms with Gasteiger partial charge in [-0.2, -0.15) is 0 Å². The third-order valence-corrected chi connectivity index (χ3v) is 2.82. The smallest absolute Gasteiger partial charge is 0.185 e. The van der Waals surface area contributed by atoms with Crippen molar-refractivity contribution in [3.8, 4) is 5.75 Å². The Balaban J connectivity index is 2.13. The van der Waals surface area contributed by atoms with Crippen LogP contribution >= 0.6 is 0 Å². The van der Waals surface area contributed by atoms with E-state index in [1.807, 2.05) is 6.92 Å². The minimum absolute atomic E-state index is 0.0364. The minimum atomic E-state index is -0.577. The van der Waals surface area contributed by atoms with Crippen molar-refractivity contribution in [2.24, 2.45) is 0 Å². The predicted molar refractivity (Wildman–Crippen MR) is 77.3 cm³/mol. The van der Waals surface area contributed by atoms with E-state index in [0.717, 1.165) is 18.2 Å². The summed E-state index contributed by atoms with van der Waals surface area (Å²) in [6.07, 6.45) is 2.48. The summed E-state index contributed by atoms with van der Waals surface area (Å²) in [5, 5.41) is 0. The van der Waals surface area contributed by atoms with Crippen molar-refractivity contribution in [2.45, 2.75) is 6.92 Å². The second kappa shape index (κ2) is 6.79. The van der Waals surface area contributed by atoms with Crippen LogP contribution in [0.25, 0.3) is 6.08 Å². The molecule has 0 heterocycles. The molecule has 0 spiro atoms. The molecule has 2 aromatic rings. The maximum atomic E-state index is 13.4. The number of benzene rings is 2. The van der Waals surface area contributed by atoms with Gasteiger partial charge in [0.05, 0.1) is 6.61 Å². The van der Waals surface area contributed by atoms with Crippen molar-refractivity contribution in [2.75, 3.05) is 6.61 Å². The van der Waals surface area contributed by atoms with E-state index in [2.05, 4.69) is 0 Å². The van der Waals surface area contributed by atoms with Gasteiger partial charge in [-0.1, -0.05) is 0 Å². The van der Waals surface area contributed by atoms with Crippen molar-refractivity contribution in [3.05, 3.63) is 71.3 Å². The van der Waals surface area contributed by atoms with Gasteiger partial charge in [0.15, 0.2) is 5.78 Å². The molecule has 2 rings (SSSR count). The minimum Gasteiger partial charge on any atom is -0.494 e. The van der Waals surface area contributed by atoms with E-state index in [1.54, 1.807) is 24.3 Å². The number of rotatable bonds is 5. The molecular formula is C17H14F2O2. The summed E-state index contributed by atoms with van der Waals surface area (Å²) < 4.78 is 31.7. The van der Waals surface area contributed by atoms with Gasteiger partial charge in [-0.25, -0.2) is 8.78 Å². The average molecular weight is 288 g/mol. The van der Waals surface area contributed by atoms with E-state index in [4.69, 9.17) is 4.74 Å². The summed E-state index contributed by atoms with van der Waals surface area (Å²) in [5.41, 5.74) is 0.487. The predicted octanol–water partition coefficient (Wildman–Crippen LogP) is 4.26. The number of ether oxygens (including phenoxy) is 1. The normalized spacial score (nSPS) is 10.8. The first-order valence-corrected chi connectivity index (χ1v) is 6.50. The van der Waals surface area contributed by atoms with Crippen LogP contribution in [-0.4, -0.2) is 12.4 Å². The number of ketones is 1. The summed E-state index contributed by atoms with van der Waals surface area (Å²) >= 11 is 0. The Hall–Kier alpha value is -2.49. The Morgan fingerprint density at radius 2 is 1.86 bits per heavy atom. The van der Waals surface area contributed by atoms with E-state index in [-0.39, 0.29) is 11.3 Å². The largest absolute Gasteiger partial charge is 0.494 e. The topological polar surface area (TPSA) is 26.3 Å². The van der Waals surface area contributed by atoms with Gasteiger partial charge in [-0.3, -0.25) is 4.79 Å². The van der Waals surface area contributed by atoms with Gasteiger partial charge < -0.3 is 4.74 Å². The van der Waals surface area contributed by atoms with Gasteiger partial charge in [-0.05, 0) is 61.5 Å². The van der Waals surface area contributed by atoms with E-state index >= 15 is 0 Å². The second-order valence-corrected chi connectivity index (χ2v) is 4.32. The van der Waals surface area contributed by atoms with Crippen molar-refractivity contribution < 1.29 is 18.3 Å². The molecule has 0 aliphatic rings. The summed E-state index contributed by atoms with van der Waals surface area (Å²) in [6.45, 7) is 2.42. The molecule has 0 saturated carbocycles. The molecule has 2 nitrogen and oxygen atoms in total. The molecule has 0 aromatic heterocycles. The van der Waals surface area contributed by atoms with Crippen LogP contribution in [0.1, 0.15) is 22.8 Å². The molecule has 0 fully saturated rings. The molecule has 108 valence electrons. The van der Waals surface area contributed by atoms with E-state index in [0.29, 0.717) is 17.9 Å². The highest BCUT2D eigenvalue weighted by Gasteiger charge is 2.04. The molecule has 0 N–H and O–H groups in total. The highest BCUT2D eigenvalue weighted by Crippen LogP contribution is 2.15. The SMILES string of the molecule is CCOc1ccc(C(=O)/C=C/c2cc(F)ccc2F)cc1. The van der Waals surface area contributed by atoms with Crippen LogP contribution in [0.2, 0.25) is 0 Å². The van der Waals surface area contributed by atoms with Gasteiger partial charge in [0.2, 0.25) is 0 Å². The third kappa shape index (κ3) is 3.99. The third-order valence-electron chi connectivity index (χ3n) is 2.82. The maximum absolute atomic E-state index is 13.4. The van der Waals surface area contributed by atoms with Gasteiger partial charge in [0, 0.05) is 11.1 Å². The lowest BCUT2D eigenvalue weighted by Crippen LogP contribution is -1.96. The molecule has 0 amide bonds. The first-order chi connectivity index (χ1) is 10.1. The first-order valence-electron chi connectivity index (χ1n) is 6.50. The average Bonchev–Trinajstić information content (AvgIpc) is 2.49. The van der Waals surface area contributed by atoms with Crippen molar-refractivity contribution in [3.63, 3.8) is 0 Å². The van der Waals surface area contributed by atoms with Gasteiger partial charge in [0.25, 0.3) is 0 Å². The first kappa shape index (κ1) is 14.9. The zero-order valence-corrected chi connectivity index (χ0v) is 11.5. The standard InChI is InChI=1S/C17H14F2O2/c1-2-21-15-7-3-12(4-8-15)17(20)10-5-13-11-14(18)6-9-16(13)19/h3-11H,2H2,1H3/b10-5+. The molecule has 0 bridgehead atoms. The lowest BCUT2D eigenvalue weighted by molar-refractivity contribution is 0.104. The summed E-state index contributed by atoms with van der Waals surface area (Å²) in [7, 11) is 0. The Kier molecular flexibility index (Phi) is 4.82. The number of carbonyl (C=O) groups is 1. The Bertz CT molecular complexity index is 661.